The van der Waals surface area contributed by atoms with Gasteiger partial charge in [0.1, 0.15) is 13.1 Å². The molecule has 0 bridgehead atoms. The summed E-state index contributed by atoms with van der Waals surface area (Å²) in [7, 11) is 0. The molecule has 3 aromatic rings. The molecule has 0 N–H and O–H groups in total. The van der Waals surface area contributed by atoms with Gasteiger partial charge in [0.05, 0.1) is 18.9 Å². The number of pyridine rings is 3. The topological polar surface area (TPSA) is 73.2 Å². The van der Waals surface area contributed by atoms with E-state index in [0.29, 0.717) is 13.2 Å². The summed E-state index contributed by atoms with van der Waals surface area (Å²) in [5.74, 6) is -0.703. The number of unbranched alkanes of at least 4 members (excludes halogenated alkanes) is 6. The van der Waals surface area contributed by atoms with Crippen molar-refractivity contribution in [1.29, 1.82) is 0 Å². The van der Waals surface area contributed by atoms with Crippen molar-refractivity contribution in [2.45, 2.75) is 64.5 Å². The Kier molecular flexibility index (Phi) is 13.3. The number of ether oxygens (including phenoxy) is 2. The fourth-order valence-corrected chi connectivity index (χ4v) is 4.27. The molecule has 0 spiro atoms. The Morgan fingerprint density at radius 1 is 0.625 bits per heavy atom. The van der Waals surface area contributed by atoms with Crippen LogP contribution in [0, 0.1) is 0 Å². The summed E-state index contributed by atoms with van der Waals surface area (Å²) in [6, 6.07) is 12.7. The highest BCUT2D eigenvalue weighted by atomic mass is 16.5. The molecule has 0 aromatic carbocycles. The highest BCUT2D eigenvalue weighted by molar-refractivity contribution is 5.81. The zero-order chi connectivity index (χ0) is 28.4. The number of esters is 2. The summed E-state index contributed by atoms with van der Waals surface area (Å²) in [6.07, 6.45) is 21.0. The molecule has 3 heterocycles. The van der Waals surface area contributed by atoms with E-state index in [2.05, 4.69) is 83.5 Å². The summed E-state index contributed by atoms with van der Waals surface area (Å²) in [5.41, 5.74) is 4.28. The fourth-order valence-electron chi connectivity index (χ4n) is 4.27. The van der Waals surface area contributed by atoms with Crippen LogP contribution in [0.3, 0.4) is 0 Å². The van der Waals surface area contributed by atoms with Gasteiger partial charge >= 0.3 is 11.9 Å². The number of aromatic nitrogens is 3. The van der Waals surface area contributed by atoms with Crippen LogP contribution >= 0.6 is 0 Å². The Morgan fingerprint density at radius 2 is 1.10 bits per heavy atom. The molecule has 0 radical (unpaired) electrons. The lowest BCUT2D eigenvalue weighted by atomic mass is 10.1. The third kappa shape index (κ3) is 10.9. The molecule has 0 saturated heterocycles. The Labute approximate surface area is 237 Å². The zero-order valence-electron chi connectivity index (χ0n) is 23.4. The standard InChI is InChI=1S/C33H41N3O4/c1-3-32(37)39-25-11-7-5-9-19-35-21-15-28(16-22-35)30-13-14-31(34-27-30)29-17-23-36(24-18-29)20-10-6-8-12-26-40-33(38)4-2/h3-4,13-18,21-24,27H,1-2,5-12,19-20,25-26H2/q+2. The maximum absolute atomic E-state index is 11.0. The van der Waals surface area contributed by atoms with E-state index in [9.17, 15) is 9.59 Å². The molecule has 3 aromatic heterocycles. The molecule has 7 heteroatoms. The van der Waals surface area contributed by atoms with E-state index < -0.39 is 0 Å². The van der Waals surface area contributed by atoms with Crippen LogP contribution in [0.25, 0.3) is 22.4 Å². The monoisotopic (exact) mass is 543 g/mol. The van der Waals surface area contributed by atoms with Gasteiger partial charge in [-0.05, 0) is 50.2 Å². The molecule has 0 fully saturated rings. The number of rotatable bonds is 18. The maximum atomic E-state index is 11.0. The average molecular weight is 544 g/mol. The molecule has 0 amide bonds. The minimum atomic E-state index is -0.352. The molecule has 0 saturated carbocycles. The van der Waals surface area contributed by atoms with Crippen molar-refractivity contribution in [3.63, 3.8) is 0 Å². The van der Waals surface area contributed by atoms with Crippen molar-refractivity contribution < 1.29 is 28.2 Å². The lowest BCUT2D eigenvalue weighted by Gasteiger charge is -2.05. The van der Waals surface area contributed by atoms with E-state index in [1.54, 1.807) is 0 Å². The Hall–Kier alpha value is -4.13. The molecule has 0 aliphatic carbocycles. The van der Waals surface area contributed by atoms with E-state index >= 15 is 0 Å². The molecule has 0 unspecified atom stereocenters. The quantitative estimate of drug-likeness (QED) is 0.0908. The fraction of sp³-hybridized carbons (Fsp3) is 0.364. The van der Waals surface area contributed by atoms with Gasteiger partial charge in [-0.1, -0.05) is 19.2 Å². The molecular weight excluding hydrogens is 502 g/mol. The molecular formula is C33H41N3O4+2. The van der Waals surface area contributed by atoms with Crippen molar-refractivity contribution in [2.75, 3.05) is 13.2 Å². The first kappa shape index (κ1) is 30.4. The van der Waals surface area contributed by atoms with E-state index in [4.69, 9.17) is 14.5 Å². The predicted molar refractivity (Wildman–Crippen MR) is 155 cm³/mol. The first-order valence-electron chi connectivity index (χ1n) is 14.1. The van der Waals surface area contributed by atoms with Crippen LogP contribution in [0.15, 0.2) is 92.7 Å². The van der Waals surface area contributed by atoms with Gasteiger partial charge in [-0.25, -0.2) is 18.7 Å². The highest BCUT2D eigenvalue weighted by Crippen LogP contribution is 2.21. The van der Waals surface area contributed by atoms with Gasteiger partial charge in [0, 0.05) is 66.6 Å². The van der Waals surface area contributed by atoms with Crippen LogP contribution in [0.5, 0.6) is 0 Å². The minimum Gasteiger partial charge on any atom is -0.463 e. The van der Waals surface area contributed by atoms with Gasteiger partial charge in [0.15, 0.2) is 24.8 Å². The molecule has 0 atom stereocenters. The summed E-state index contributed by atoms with van der Waals surface area (Å²) in [5, 5.41) is 0. The van der Waals surface area contributed by atoms with E-state index in [0.717, 1.165) is 86.8 Å². The Balaban J connectivity index is 1.37. The second-order valence-electron chi connectivity index (χ2n) is 9.65. The second-order valence-corrected chi connectivity index (χ2v) is 9.65. The van der Waals surface area contributed by atoms with Crippen molar-refractivity contribution in [1.82, 2.24) is 4.98 Å². The largest absolute Gasteiger partial charge is 0.463 e. The number of hydrogen-bond donors (Lipinski definition) is 0. The van der Waals surface area contributed by atoms with E-state index in [1.807, 2.05) is 6.20 Å². The summed E-state index contributed by atoms with van der Waals surface area (Å²) >= 11 is 0. The smallest absolute Gasteiger partial charge is 0.330 e. The Morgan fingerprint density at radius 3 is 1.55 bits per heavy atom. The molecule has 0 aliphatic rings. The van der Waals surface area contributed by atoms with Crippen LogP contribution in [-0.4, -0.2) is 30.1 Å². The van der Waals surface area contributed by atoms with Crippen LogP contribution < -0.4 is 9.13 Å². The number of hydrogen-bond acceptors (Lipinski definition) is 5. The van der Waals surface area contributed by atoms with Gasteiger partial charge in [0.25, 0.3) is 0 Å². The summed E-state index contributed by atoms with van der Waals surface area (Å²) in [6.45, 7) is 9.64. The van der Waals surface area contributed by atoms with Gasteiger partial charge in [-0.15, -0.1) is 0 Å². The predicted octanol–water partition coefficient (Wildman–Crippen LogP) is 5.57. The normalized spacial score (nSPS) is 10.6. The summed E-state index contributed by atoms with van der Waals surface area (Å²) < 4.78 is 14.4. The van der Waals surface area contributed by atoms with E-state index in [1.165, 1.54) is 12.2 Å². The lowest BCUT2D eigenvalue weighted by Crippen LogP contribution is -2.32. The number of aryl methyl sites for hydroxylation is 2. The minimum absolute atomic E-state index is 0.351. The van der Waals surface area contributed by atoms with Gasteiger partial charge in [-0.3, -0.25) is 4.98 Å². The first-order chi connectivity index (χ1) is 19.6. The van der Waals surface area contributed by atoms with Crippen LogP contribution in [0.2, 0.25) is 0 Å². The highest BCUT2D eigenvalue weighted by Gasteiger charge is 2.07. The number of carbonyl (C=O) groups excluding carboxylic acids is 2. The molecule has 0 aliphatic heterocycles. The zero-order valence-corrected chi connectivity index (χ0v) is 23.4. The summed E-state index contributed by atoms with van der Waals surface area (Å²) in [4.78, 5) is 26.8. The van der Waals surface area contributed by atoms with Gasteiger partial charge < -0.3 is 9.47 Å². The molecule has 210 valence electrons. The number of nitrogens with zero attached hydrogens (tertiary/aromatic N) is 3. The van der Waals surface area contributed by atoms with Crippen molar-refractivity contribution >= 4 is 11.9 Å². The van der Waals surface area contributed by atoms with Crippen LogP contribution in [-0.2, 0) is 32.2 Å². The Bertz CT molecular complexity index is 1110. The lowest BCUT2D eigenvalue weighted by molar-refractivity contribution is -0.697. The van der Waals surface area contributed by atoms with Crippen molar-refractivity contribution in [3.8, 4) is 22.4 Å². The van der Waals surface area contributed by atoms with Crippen LogP contribution in [0.1, 0.15) is 51.4 Å². The molecule has 40 heavy (non-hydrogen) atoms. The van der Waals surface area contributed by atoms with E-state index in [-0.39, 0.29) is 11.9 Å². The van der Waals surface area contributed by atoms with Gasteiger partial charge in [0.2, 0.25) is 0 Å². The van der Waals surface area contributed by atoms with Crippen molar-refractivity contribution in [2.24, 2.45) is 0 Å². The third-order valence-electron chi connectivity index (χ3n) is 6.62. The molecule has 7 nitrogen and oxygen atoms in total. The third-order valence-corrected chi connectivity index (χ3v) is 6.62. The first-order valence-corrected chi connectivity index (χ1v) is 14.1. The van der Waals surface area contributed by atoms with Gasteiger partial charge in [-0.2, -0.15) is 0 Å². The molecule has 3 rings (SSSR count). The SMILES string of the molecule is C=CC(=O)OCCCCCC[n+]1ccc(-c2ccc(-c3cc[n+](CCCCCCOC(=O)C=C)cc3)nc2)cc1. The second kappa shape index (κ2) is 17.5. The van der Waals surface area contributed by atoms with Crippen molar-refractivity contribution in [3.05, 3.63) is 92.7 Å². The average Bonchev–Trinajstić information content (AvgIpc) is 3.00. The van der Waals surface area contributed by atoms with Crippen LogP contribution in [0.4, 0.5) is 0 Å². The number of carbonyl (C=O) groups is 2. The maximum Gasteiger partial charge on any atom is 0.330 e.